The SMILES string of the molecule is C[C@@H](c1ccc(F)c(F)c1)N(C)C(=O)CCNC(=O)c1ccc(F)cc1Cl. The van der Waals surface area contributed by atoms with Gasteiger partial charge in [-0.3, -0.25) is 9.59 Å². The van der Waals surface area contributed by atoms with E-state index in [0.717, 1.165) is 24.3 Å². The minimum absolute atomic E-state index is 0.00489. The molecule has 2 aromatic carbocycles. The van der Waals surface area contributed by atoms with Crippen LogP contribution in [0.2, 0.25) is 5.02 Å². The van der Waals surface area contributed by atoms with E-state index in [1.165, 1.54) is 24.1 Å². The van der Waals surface area contributed by atoms with Crippen molar-refractivity contribution in [3.05, 3.63) is 70.0 Å². The number of halogens is 4. The monoisotopic (exact) mass is 398 g/mol. The fourth-order valence-corrected chi connectivity index (χ4v) is 2.69. The summed E-state index contributed by atoms with van der Waals surface area (Å²) in [6.45, 7) is 1.72. The fourth-order valence-electron chi connectivity index (χ4n) is 2.44. The zero-order valence-electron chi connectivity index (χ0n) is 14.7. The Labute approximate surface area is 159 Å². The minimum atomic E-state index is -0.983. The van der Waals surface area contributed by atoms with Crippen molar-refractivity contribution in [1.82, 2.24) is 10.2 Å². The Morgan fingerprint density at radius 1 is 1.11 bits per heavy atom. The van der Waals surface area contributed by atoms with Gasteiger partial charge in [-0.2, -0.15) is 0 Å². The molecule has 0 aromatic heterocycles. The molecular weight excluding hydrogens is 381 g/mol. The molecule has 0 spiro atoms. The standard InChI is InChI=1S/C19H18ClF3N2O2/c1-11(12-3-6-16(22)17(23)9-12)25(2)18(26)7-8-24-19(27)14-5-4-13(21)10-15(14)20/h3-6,9-11H,7-8H2,1-2H3,(H,24,27)/t11-/m0/s1. The molecule has 0 unspecified atom stereocenters. The van der Waals surface area contributed by atoms with Gasteiger partial charge in [0.25, 0.3) is 5.91 Å². The van der Waals surface area contributed by atoms with Crippen LogP contribution in [0, 0.1) is 17.5 Å². The summed E-state index contributed by atoms with van der Waals surface area (Å²) in [5, 5.41) is 2.51. The van der Waals surface area contributed by atoms with Crippen LogP contribution in [0.25, 0.3) is 0 Å². The molecule has 0 bridgehead atoms. The lowest BCUT2D eigenvalue weighted by molar-refractivity contribution is -0.131. The molecule has 0 aliphatic carbocycles. The molecule has 0 heterocycles. The van der Waals surface area contributed by atoms with E-state index in [9.17, 15) is 22.8 Å². The van der Waals surface area contributed by atoms with Crippen LogP contribution in [0.5, 0.6) is 0 Å². The van der Waals surface area contributed by atoms with E-state index in [0.29, 0.717) is 5.56 Å². The molecule has 8 heteroatoms. The highest BCUT2D eigenvalue weighted by atomic mass is 35.5. The molecule has 2 amide bonds. The van der Waals surface area contributed by atoms with Gasteiger partial charge in [0.05, 0.1) is 16.6 Å². The van der Waals surface area contributed by atoms with Crippen molar-refractivity contribution in [2.75, 3.05) is 13.6 Å². The van der Waals surface area contributed by atoms with Crippen LogP contribution in [0.15, 0.2) is 36.4 Å². The Hall–Kier alpha value is -2.54. The van der Waals surface area contributed by atoms with Crippen molar-refractivity contribution in [3.8, 4) is 0 Å². The van der Waals surface area contributed by atoms with Crippen molar-refractivity contribution in [2.24, 2.45) is 0 Å². The van der Waals surface area contributed by atoms with E-state index in [2.05, 4.69) is 5.32 Å². The quantitative estimate of drug-likeness (QED) is 0.796. The van der Waals surface area contributed by atoms with Gasteiger partial charge in [0.2, 0.25) is 5.91 Å². The van der Waals surface area contributed by atoms with E-state index < -0.39 is 29.4 Å². The third-order valence-electron chi connectivity index (χ3n) is 4.20. The summed E-state index contributed by atoms with van der Waals surface area (Å²) in [7, 11) is 1.53. The van der Waals surface area contributed by atoms with Gasteiger partial charge in [-0.15, -0.1) is 0 Å². The fraction of sp³-hybridized carbons (Fsp3) is 0.263. The molecule has 0 aliphatic heterocycles. The second-order valence-electron chi connectivity index (χ2n) is 5.98. The van der Waals surface area contributed by atoms with Crippen molar-refractivity contribution in [2.45, 2.75) is 19.4 Å². The highest BCUT2D eigenvalue weighted by Gasteiger charge is 2.19. The normalized spacial score (nSPS) is 11.8. The number of rotatable bonds is 6. The summed E-state index contributed by atoms with van der Waals surface area (Å²) in [6.07, 6.45) is -0.00489. The number of nitrogens with one attached hydrogen (secondary N) is 1. The summed E-state index contributed by atoms with van der Waals surface area (Å²) in [5.74, 6) is -3.31. The molecule has 27 heavy (non-hydrogen) atoms. The first kappa shape index (κ1) is 20.8. The molecule has 0 saturated heterocycles. The van der Waals surface area contributed by atoms with Gasteiger partial charge in [-0.25, -0.2) is 13.2 Å². The lowest BCUT2D eigenvalue weighted by Crippen LogP contribution is -2.33. The van der Waals surface area contributed by atoms with E-state index in [1.54, 1.807) is 6.92 Å². The second kappa shape index (κ2) is 8.90. The molecular formula is C19H18ClF3N2O2. The van der Waals surface area contributed by atoms with E-state index in [-0.39, 0.29) is 29.5 Å². The van der Waals surface area contributed by atoms with Crippen LogP contribution >= 0.6 is 11.6 Å². The number of amides is 2. The molecule has 0 saturated carbocycles. The van der Waals surface area contributed by atoms with Gasteiger partial charge in [-0.1, -0.05) is 17.7 Å². The summed E-state index contributed by atoms with van der Waals surface area (Å²) >= 11 is 5.82. The number of carbonyl (C=O) groups excluding carboxylic acids is 2. The predicted octanol–water partition coefficient (Wildman–Crippen LogP) is 4.10. The highest BCUT2D eigenvalue weighted by molar-refractivity contribution is 6.33. The zero-order valence-corrected chi connectivity index (χ0v) is 15.5. The van der Waals surface area contributed by atoms with Crippen LogP contribution in [0.3, 0.4) is 0 Å². The Kier molecular flexibility index (Phi) is 6.85. The molecule has 4 nitrogen and oxygen atoms in total. The molecule has 144 valence electrons. The van der Waals surface area contributed by atoms with E-state index >= 15 is 0 Å². The van der Waals surface area contributed by atoms with Gasteiger partial charge in [0.15, 0.2) is 11.6 Å². The first-order valence-electron chi connectivity index (χ1n) is 8.14. The number of hydrogen-bond donors (Lipinski definition) is 1. The topological polar surface area (TPSA) is 49.4 Å². The third kappa shape index (κ3) is 5.23. The average molecular weight is 399 g/mol. The summed E-state index contributed by atoms with van der Waals surface area (Å²) < 4.78 is 39.4. The first-order chi connectivity index (χ1) is 12.7. The van der Waals surface area contributed by atoms with Gasteiger partial charge < -0.3 is 10.2 Å². The minimum Gasteiger partial charge on any atom is -0.351 e. The summed E-state index contributed by atoms with van der Waals surface area (Å²) in [6, 6.07) is 6.38. The lowest BCUT2D eigenvalue weighted by atomic mass is 10.1. The van der Waals surface area contributed by atoms with Crippen LogP contribution in [-0.4, -0.2) is 30.3 Å². The molecule has 0 aliphatic rings. The van der Waals surface area contributed by atoms with Crippen molar-refractivity contribution >= 4 is 23.4 Å². The molecule has 0 fully saturated rings. The number of nitrogens with zero attached hydrogens (tertiary/aromatic N) is 1. The van der Waals surface area contributed by atoms with Gasteiger partial charge in [0.1, 0.15) is 5.82 Å². The van der Waals surface area contributed by atoms with Crippen LogP contribution in [0.1, 0.15) is 35.3 Å². The first-order valence-corrected chi connectivity index (χ1v) is 8.52. The third-order valence-corrected chi connectivity index (χ3v) is 4.51. The van der Waals surface area contributed by atoms with E-state index in [1.807, 2.05) is 0 Å². The van der Waals surface area contributed by atoms with Crippen LogP contribution < -0.4 is 5.32 Å². The molecule has 1 N–H and O–H groups in total. The Morgan fingerprint density at radius 3 is 2.44 bits per heavy atom. The lowest BCUT2D eigenvalue weighted by Gasteiger charge is -2.25. The van der Waals surface area contributed by atoms with Crippen LogP contribution in [0.4, 0.5) is 13.2 Å². The second-order valence-corrected chi connectivity index (χ2v) is 6.39. The number of carbonyl (C=O) groups is 2. The maximum absolute atomic E-state index is 13.4. The van der Waals surface area contributed by atoms with Crippen molar-refractivity contribution in [1.29, 1.82) is 0 Å². The van der Waals surface area contributed by atoms with Gasteiger partial charge >= 0.3 is 0 Å². The molecule has 2 aromatic rings. The summed E-state index contributed by atoms with van der Waals surface area (Å²) in [4.78, 5) is 25.7. The average Bonchev–Trinajstić information content (AvgIpc) is 2.62. The van der Waals surface area contributed by atoms with Crippen molar-refractivity contribution < 1.29 is 22.8 Å². The van der Waals surface area contributed by atoms with Gasteiger partial charge in [0, 0.05) is 20.0 Å². The zero-order chi connectivity index (χ0) is 20.1. The molecule has 1 atom stereocenters. The predicted molar refractivity (Wildman–Crippen MR) is 95.9 cm³/mol. The van der Waals surface area contributed by atoms with Crippen molar-refractivity contribution in [3.63, 3.8) is 0 Å². The Bertz CT molecular complexity index is 861. The van der Waals surface area contributed by atoms with E-state index in [4.69, 9.17) is 11.6 Å². The number of hydrogen-bond acceptors (Lipinski definition) is 2. The van der Waals surface area contributed by atoms with Gasteiger partial charge in [-0.05, 0) is 42.8 Å². The summed E-state index contributed by atoms with van der Waals surface area (Å²) in [5.41, 5.74) is 0.556. The maximum Gasteiger partial charge on any atom is 0.252 e. The largest absolute Gasteiger partial charge is 0.351 e. The van der Waals surface area contributed by atoms with Crippen LogP contribution in [-0.2, 0) is 4.79 Å². The smallest absolute Gasteiger partial charge is 0.252 e. The maximum atomic E-state index is 13.4. The molecule has 2 rings (SSSR count). The molecule has 0 radical (unpaired) electrons. The number of benzene rings is 2. The Balaban J connectivity index is 1.90. The highest BCUT2D eigenvalue weighted by Crippen LogP contribution is 2.21. The Morgan fingerprint density at radius 2 is 1.81 bits per heavy atom.